The molecule has 0 radical (unpaired) electrons. The fourth-order valence-electron chi connectivity index (χ4n) is 3.77. The van der Waals surface area contributed by atoms with Crippen molar-refractivity contribution in [3.8, 4) is 11.5 Å². The van der Waals surface area contributed by atoms with Crippen molar-refractivity contribution < 1.29 is 14.3 Å². The molecular formula is C19H29N3O3. The Morgan fingerprint density at radius 2 is 1.92 bits per heavy atom. The van der Waals surface area contributed by atoms with Gasteiger partial charge in [0.2, 0.25) is 0 Å². The van der Waals surface area contributed by atoms with Crippen LogP contribution in [-0.4, -0.2) is 62.8 Å². The second-order valence-electron chi connectivity index (χ2n) is 6.88. The second kappa shape index (κ2) is 7.95. The predicted octanol–water partition coefficient (Wildman–Crippen LogP) is 2.11. The molecule has 1 saturated heterocycles. The highest BCUT2D eigenvalue weighted by molar-refractivity contribution is 5.74. The van der Waals surface area contributed by atoms with Crippen molar-refractivity contribution >= 4 is 6.03 Å². The molecule has 1 aromatic rings. The third-order valence-corrected chi connectivity index (χ3v) is 5.36. The van der Waals surface area contributed by atoms with Gasteiger partial charge in [0.1, 0.15) is 0 Å². The number of fused-ring (bicyclic) bond motifs is 1. The Balaban J connectivity index is 1.57. The Morgan fingerprint density at radius 1 is 1.20 bits per heavy atom. The molecule has 2 amide bonds. The maximum Gasteiger partial charge on any atom is 0.317 e. The molecule has 0 spiro atoms. The van der Waals surface area contributed by atoms with Crippen LogP contribution in [0, 0.1) is 5.92 Å². The fraction of sp³-hybridized carbons (Fsp3) is 0.632. The number of carbonyl (C=O) groups is 1. The molecule has 1 N–H and O–H groups in total. The van der Waals surface area contributed by atoms with E-state index in [2.05, 4.69) is 17.1 Å². The van der Waals surface area contributed by atoms with E-state index in [1.807, 2.05) is 17.0 Å². The standard InChI is InChI=1S/C19H29N3O3/c1-4-21-7-5-14(12-21)11-20-19(23)22-8-6-15-9-17(24-2)18(25-3)10-16(15)13-22/h9-10,14H,4-8,11-13H2,1-3H3,(H,20,23)/t14-/m0/s1. The minimum atomic E-state index is 0.0374. The number of nitrogens with one attached hydrogen (secondary N) is 1. The minimum Gasteiger partial charge on any atom is -0.493 e. The molecule has 2 aliphatic heterocycles. The van der Waals surface area contributed by atoms with Crippen LogP contribution in [0.5, 0.6) is 11.5 Å². The topological polar surface area (TPSA) is 54.0 Å². The zero-order valence-electron chi connectivity index (χ0n) is 15.5. The SMILES string of the molecule is CCN1CC[C@@H](CNC(=O)N2CCc3cc(OC)c(OC)cc3C2)C1. The van der Waals surface area contributed by atoms with Gasteiger partial charge in [-0.3, -0.25) is 0 Å². The van der Waals surface area contributed by atoms with Crippen molar-refractivity contribution in [1.82, 2.24) is 15.1 Å². The summed E-state index contributed by atoms with van der Waals surface area (Å²) in [4.78, 5) is 16.9. The molecule has 2 aliphatic rings. The molecule has 1 fully saturated rings. The molecule has 138 valence electrons. The highest BCUT2D eigenvalue weighted by Gasteiger charge is 2.25. The fourth-order valence-corrected chi connectivity index (χ4v) is 3.77. The molecule has 6 nitrogen and oxygen atoms in total. The maximum atomic E-state index is 12.5. The van der Waals surface area contributed by atoms with Gasteiger partial charge in [0.15, 0.2) is 11.5 Å². The summed E-state index contributed by atoms with van der Waals surface area (Å²) in [6, 6.07) is 4.06. The van der Waals surface area contributed by atoms with Gasteiger partial charge in [-0.15, -0.1) is 0 Å². The summed E-state index contributed by atoms with van der Waals surface area (Å²) in [7, 11) is 3.29. The van der Waals surface area contributed by atoms with E-state index in [1.54, 1.807) is 14.2 Å². The van der Waals surface area contributed by atoms with Gasteiger partial charge in [-0.1, -0.05) is 6.92 Å². The normalized spacial score (nSPS) is 20.3. The van der Waals surface area contributed by atoms with E-state index in [-0.39, 0.29) is 6.03 Å². The lowest BCUT2D eigenvalue weighted by Crippen LogP contribution is -2.44. The Hall–Kier alpha value is -1.95. The van der Waals surface area contributed by atoms with Crippen LogP contribution >= 0.6 is 0 Å². The quantitative estimate of drug-likeness (QED) is 0.886. The van der Waals surface area contributed by atoms with E-state index < -0.39 is 0 Å². The number of rotatable bonds is 5. The van der Waals surface area contributed by atoms with Gasteiger partial charge in [0.05, 0.1) is 14.2 Å². The summed E-state index contributed by atoms with van der Waals surface area (Å²) in [5.41, 5.74) is 2.37. The lowest BCUT2D eigenvalue weighted by Gasteiger charge is -2.30. The van der Waals surface area contributed by atoms with Crippen LogP contribution in [-0.2, 0) is 13.0 Å². The smallest absolute Gasteiger partial charge is 0.317 e. The summed E-state index contributed by atoms with van der Waals surface area (Å²) in [6.07, 6.45) is 2.02. The largest absolute Gasteiger partial charge is 0.493 e. The highest BCUT2D eigenvalue weighted by Crippen LogP contribution is 2.33. The Morgan fingerprint density at radius 3 is 2.56 bits per heavy atom. The average Bonchev–Trinajstić information content (AvgIpc) is 3.12. The first-order chi connectivity index (χ1) is 12.1. The Kier molecular flexibility index (Phi) is 5.68. The van der Waals surface area contributed by atoms with E-state index in [9.17, 15) is 4.79 Å². The number of hydrogen-bond donors (Lipinski definition) is 1. The van der Waals surface area contributed by atoms with Crippen LogP contribution in [0.15, 0.2) is 12.1 Å². The lowest BCUT2D eigenvalue weighted by molar-refractivity contribution is 0.190. The number of urea groups is 1. The van der Waals surface area contributed by atoms with E-state index in [0.29, 0.717) is 18.2 Å². The zero-order chi connectivity index (χ0) is 17.8. The number of hydrogen-bond acceptors (Lipinski definition) is 4. The summed E-state index contributed by atoms with van der Waals surface area (Å²) < 4.78 is 10.8. The number of amides is 2. The van der Waals surface area contributed by atoms with Crippen molar-refractivity contribution in [3.05, 3.63) is 23.3 Å². The molecule has 0 aliphatic carbocycles. The number of methoxy groups -OCH3 is 2. The summed E-state index contributed by atoms with van der Waals surface area (Å²) in [5.74, 6) is 2.04. The molecule has 3 rings (SSSR count). The average molecular weight is 347 g/mol. The summed E-state index contributed by atoms with van der Waals surface area (Å²) in [5, 5.41) is 3.13. The molecule has 1 atom stereocenters. The molecule has 6 heteroatoms. The minimum absolute atomic E-state index is 0.0374. The second-order valence-corrected chi connectivity index (χ2v) is 6.88. The highest BCUT2D eigenvalue weighted by atomic mass is 16.5. The third kappa shape index (κ3) is 4.00. The first kappa shape index (κ1) is 17.9. The van der Waals surface area contributed by atoms with E-state index in [4.69, 9.17) is 9.47 Å². The number of likely N-dealkylation sites (tertiary alicyclic amines) is 1. The van der Waals surface area contributed by atoms with Gasteiger partial charge in [-0.25, -0.2) is 4.79 Å². The van der Waals surface area contributed by atoms with Crippen LogP contribution in [0.1, 0.15) is 24.5 Å². The van der Waals surface area contributed by atoms with Crippen molar-refractivity contribution in [1.29, 1.82) is 0 Å². The monoisotopic (exact) mass is 347 g/mol. The van der Waals surface area contributed by atoms with E-state index in [1.165, 1.54) is 12.0 Å². The zero-order valence-corrected chi connectivity index (χ0v) is 15.5. The van der Waals surface area contributed by atoms with Gasteiger partial charge in [-0.2, -0.15) is 0 Å². The molecule has 0 saturated carbocycles. The van der Waals surface area contributed by atoms with Crippen LogP contribution in [0.4, 0.5) is 4.79 Å². The van der Waals surface area contributed by atoms with E-state index >= 15 is 0 Å². The molecule has 25 heavy (non-hydrogen) atoms. The number of nitrogens with zero attached hydrogens (tertiary/aromatic N) is 2. The Labute approximate surface area is 150 Å². The van der Waals surface area contributed by atoms with Crippen LogP contribution in [0.3, 0.4) is 0 Å². The van der Waals surface area contributed by atoms with Crippen LogP contribution in [0.25, 0.3) is 0 Å². The van der Waals surface area contributed by atoms with Crippen molar-refractivity contribution in [2.24, 2.45) is 5.92 Å². The predicted molar refractivity (Wildman–Crippen MR) is 97.3 cm³/mol. The van der Waals surface area contributed by atoms with Crippen molar-refractivity contribution in [2.45, 2.75) is 26.3 Å². The van der Waals surface area contributed by atoms with Gasteiger partial charge >= 0.3 is 6.03 Å². The third-order valence-electron chi connectivity index (χ3n) is 5.36. The van der Waals surface area contributed by atoms with Crippen molar-refractivity contribution in [3.63, 3.8) is 0 Å². The molecule has 0 bridgehead atoms. The summed E-state index contributed by atoms with van der Waals surface area (Å²) >= 11 is 0. The molecular weight excluding hydrogens is 318 g/mol. The molecule has 0 unspecified atom stereocenters. The van der Waals surface area contributed by atoms with Gasteiger partial charge < -0.3 is 24.6 Å². The van der Waals surface area contributed by atoms with Gasteiger partial charge in [-0.05, 0) is 55.1 Å². The molecule has 2 heterocycles. The van der Waals surface area contributed by atoms with Crippen molar-refractivity contribution in [2.75, 3.05) is 46.9 Å². The lowest BCUT2D eigenvalue weighted by atomic mass is 9.99. The first-order valence-electron chi connectivity index (χ1n) is 9.13. The summed E-state index contributed by atoms with van der Waals surface area (Å²) in [6.45, 7) is 7.65. The van der Waals surface area contributed by atoms with E-state index in [0.717, 1.165) is 50.5 Å². The number of benzene rings is 1. The van der Waals surface area contributed by atoms with Gasteiger partial charge in [0, 0.05) is 26.2 Å². The van der Waals surface area contributed by atoms with Gasteiger partial charge in [0.25, 0.3) is 0 Å². The number of ether oxygens (including phenoxy) is 2. The Bertz CT molecular complexity index is 620. The first-order valence-corrected chi connectivity index (χ1v) is 9.13. The maximum absolute atomic E-state index is 12.5. The van der Waals surface area contributed by atoms with Crippen LogP contribution in [0.2, 0.25) is 0 Å². The van der Waals surface area contributed by atoms with Crippen LogP contribution < -0.4 is 14.8 Å². The molecule has 0 aromatic heterocycles. The number of carbonyl (C=O) groups excluding carboxylic acids is 1. The molecule has 1 aromatic carbocycles.